The van der Waals surface area contributed by atoms with Crippen LogP contribution in [0.3, 0.4) is 0 Å². The monoisotopic (exact) mass is 423 g/mol. The van der Waals surface area contributed by atoms with Gasteiger partial charge in [0.05, 0.1) is 7.11 Å². The number of anilines is 1. The highest BCUT2D eigenvalue weighted by molar-refractivity contribution is 6.10. The maximum absolute atomic E-state index is 13.1. The molecule has 1 N–H and O–H groups in total. The van der Waals surface area contributed by atoms with Gasteiger partial charge in [0.2, 0.25) is 5.91 Å². The summed E-state index contributed by atoms with van der Waals surface area (Å²) in [7, 11) is 1.61. The summed E-state index contributed by atoms with van der Waals surface area (Å²) in [4.78, 5) is 41.3. The molecule has 1 atom stereocenters. The number of aryl methyl sites for hydroxylation is 1. The van der Waals surface area contributed by atoms with Crippen molar-refractivity contribution >= 4 is 23.5 Å². The highest BCUT2D eigenvalue weighted by atomic mass is 16.5. The zero-order valence-corrected chi connectivity index (χ0v) is 18.4. The highest BCUT2D eigenvalue weighted by Crippen LogP contribution is 2.25. The van der Waals surface area contributed by atoms with Gasteiger partial charge in [-0.3, -0.25) is 14.5 Å². The standard InChI is InChI=1S/C24H29N3O4/c1-17(2)27(19-8-6-5-7-9-19)21(28)16-26-22(29)24(3,25-23(26)30)15-14-18-10-12-20(31-4)13-11-18/h5-13,17H,14-16H2,1-4H3,(H,25,30)/t24-/m1/s1. The summed E-state index contributed by atoms with van der Waals surface area (Å²) in [5.74, 6) is 0.0817. The molecule has 1 aliphatic rings. The van der Waals surface area contributed by atoms with E-state index in [0.29, 0.717) is 12.8 Å². The van der Waals surface area contributed by atoms with Crippen molar-refractivity contribution in [3.8, 4) is 5.75 Å². The maximum atomic E-state index is 13.1. The number of methoxy groups -OCH3 is 1. The van der Waals surface area contributed by atoms with Crippen LogP contribution in [0.5, 0.6) is 5.75 Å². The molecule has 0 bridgehead atoms. The Bertz CT molecular complexity index is 943. The third kappa shape index (κ3) is 4.87. The molecule has 164 valence electrons. The summed E-state index contributed by atoms with van der Waals surface area (Å²) in [5.41, 5.74) is 0.720. The lowest BCUT2D eigenvalue weighted by Gasteiger charge is -2.28. The number of rotatable bonds is 8. The zero-order valence-electron chi connectivity index (χ0n) is 18.4. The topological polar surface area (TPSA) is 79.0 Å². The van der Waals surface area contributed by atoms with Crippen LogP contribution in [0.25, 0.3) is 0 Å². The predicted octanol–water partition coefficient (Wildman–Crippen LogP) is 3.38. The molecule has 0 aliphatic carbocycles. The van der Waals surface area contributed by atoms with Gasteiger partial charge in [-0.2, -0.15) is 0 Å². The summed E-state index contributed by atoms with van der Waals surface area (Å²) >= 11 is 0. The molecule has 0 spiro atoms. The fourth-order valence-corrected chi connectivity index (χ4v) is 3.78. The normalized spacial score (nSPS) is 18.3. The van der Waals surface area contributed by atoms with Gasteiger partial charge in [0, 0.05) is 11.7 Å². The van der Waals surface area contributed by atoms with Gasteiger partial charge >= 0.3 is 6.03 Å². The number of nitrogens with zero attached hydrogens (tertiary/aromatic N) is 2. The number of hydrogen-bond donors (Lipinski definition) is 1. The average molecular weight is 424 g/mol. The molecule has 7 heteroatoms. The Morgan fingerprint density at radius 2 is 1.74 bits per heavy atom. The van der Waals surface area contributed by atoms with E-state index >= 15 is 0 Å². The quantitative estimate of drug-likeness (QED) is 0.660. The second-order valence-electron chi connectivity index (χ2n) is 8.19. The fourth-order valence-electron chi connectivity index (χ4n) is 3.78. The number of amides is 4. The third-order valence-corrected chi connectivity index (χ3v) is 5.53. The van der Waals surface area contributed by atoms with Crippen LogP contribution in [-0.2, 0) is 16.0 Å². The van der Waals surface area contributed by atoms with Crippen molar-refractivity contribution in [2.45, 2.75) is 45.2 Å². The highest BCUT2D eigenvalue weighted by Gasteiger charge is 2.48. The van der Waals surface area contributed by atoms with E-state index in [9.17, 15) is 14.4 Å². The predicted molar refractivity (Wildman–Crippen MR) is 119 cm³/mol. The van der Waals surface area contributed by atoms with Crippen molar-refractivity contribution in [3.63, 3.8) is 0 Å². The van der Waals surface area contributed by atoms with Crippen LogP contribution in [0.15, 0.2) is 54.6 Å². The van der Waals surface area contributed by atoms with Crippen molar-refractivity contribution in [1.82, 2.24) is 10.2 Å². The Morgan fingerprint density at radius 1 is 1.10 bits per heavy atom. The van der Waals surface area contributed by atoms with Gasteiger partial charge in [0.25, 0.3) is 5.91 Å². The summed E-state index contributed by atoms with van der Waals surface area (Å²) in [6.07, 6.45) is 1.04. The minimum Gasteiger partial charge on any atom is -0.497 e. The van der Waals surface area contributed by atoms with Gasteiger partial charge < -0.3 is 15.0 Å². The van der Waals surface area contributed by atoms with Gasteiger partial charge in [-0.15, -0.1) is 0 Å². The smallest absolute Gasteiger partial charge is 0.325 e. The Labute approximate surface area is 183 Å². The van der Waals surface area contributed by atoms with Crippen molar-refractivity contribution < 1.29 is 19.1 Å². The lowest BCUT2D eigenvalue weighted by Crippen LogP contribution is -2.47. The second kappa shape index (κ2) is 9.20. The number of para-hydroxylation sites is 1. The maximum Gasteiger partial charge on any atom is 0.325 e. The van der Waals surface area contributed by atoms with Gasteiger partial charge in [0.1, 0.15) is 17.8 Å². The second-order valence-corrected chi connectivity index (χ2v) is 8.19. The fraction of sp³-hybridized carbons (Fsp3) is 0.375. The molecule has 1 aliphatic heterocycles. The number of carbonyl (C=O) groups excluding carboxylic acids is 3. The largest absolute Gasteiger partial charge is 0.497 e. The summed E-state index contributed by atoms with van der Waals surface area (Å²) in [5, 5.41) is 2.78. The van der Waals surface area contributed by atoms with Crippen molar-refractivity contribution in [1.29, 1.82) is 0 Å². The van der Waals surface area contributed by atoms with E-state index in [2.05, 4.69) is 5.32 Å². The Hall–Kier alpha value is -3.35. The summed E-state index contributed by atoms with van der Waals surface area (Å²) in [6.45, 7) is 5.21. The molecular formula is C24H29N3O4. The molecule has 1 saturated heterocycles. The number of carbonyl (C=O) groups is 3. The van der Waals surface area contributed by atoms with Gasteiger partial charge in [0.15, 0.2) is 0 Å². The zero-order chi connectivity index (χ0) is 22.6. The van der Waals surface area contributed by atoms with Crippen LogP contribution in [0.2, 0.25) is 0 Å². The Balaban J connectivity index is 1.69. The average Bonchev–Trinajstić information content (AvgIpc) is 2.96. The van der Waals surface area contributed by atoms with Crippen LogP contribution in [0.4, 0.5) is 10.5 Å². The molecule has 0 radical (unpaired) electrons. The van der Waals surface area contributed by atoms with Crippen molar-refractivity contribution in [3.05, 3.63) is 60.2 Å². The molecule has 7 nitrogen and oxygen atoms in total. The molecule has 0 aromatic heterocycles. The van der Waals surface area contributed by atoms with Crippen LogP contribution in [0, 0.1) is 0 Å². The van der Waals surface area contributed by atoms with Gasteiger partial charge in [-0.25, -0.2) is 4.79 Å². The lowest BCUT2D eigenvalue weighted by atomic mass is 9.93. The Morgan fingerprint density at radius 3 is 2.32 bits per heavy atom. The molecule has 1 fully saturated rings. The van der Waals surface area contributed by atoms with E-state index in [-0.39, 0.29) is 24.4 Å². The molecule has 0 saturated carbocycles. The molecule has 31 heavy (non-hydrogen) atoms. The first kappa shape index (κ1) is 22.3. The minimum atomic E-state index is -1.05. The Kier molecular flexibility index (Phi) is 6.63. The molecule has 2 aromatic rings. The number of hydrogen-bond acceptors (Lipinski definition) is 4. The van der Waals surface area contributed by atoms with Crippen molar-refractivity contribution in [2.75, 3.05) is 18.6 Å². The van der Waals surface area contributed by atoms with E-state index in [0.717, 1.165) is 21.9 Å². The number of imide groups is 1. The van der Waals surface area contributed by atoms with Crippen LogP contribution < -0.4 is 15.0 Å². The third-order valence-electron chi connectivity index (χ3n) is 5.53. The molecule has 3 rings (SSSR count). The van der Waals surface area contributed by atoms with E-state index in [1.165, 1.54) is 0 Å². The number of benzene rings is 2. The van der Waals surface area contributed by atoms with Crippen LogP contribution in [0.1, 0.15) is 32.8 Å². The van der Waals surface area contributed by atoms with Crippen molar-refractivity contribution in [2.24, 2.45) is 0 Å². The number of ether oxygens (including phenoxy) is 1. The SMILES string of the molecule is COc1ccc(CC[C@@]2(C)NC(=O)N(CC(=O)N(c3ccccc3)C(C)C)C2=O)cc1. The van der Waals surface area contributed by atoms with Gasteiger partial charge in [-0.05, 0) is 63.4 Å². The molecular weight excluding hydrogens is 394 g/mol. The van der Waals surface area contributed by atoms with E-state index < -0.39 is 11.6 Å². The van der Waals surface area contributed by atoms with Crippen LogP contribution in [-0.4, -0.2) is 48.0 Å². The number of urea groups is 1. The molecule has 1 heterocycles. The summed E-state index contributed by atoms with van der Waals surface area (Å²) in [6, 6.07) is 16.2. The van der Waals surface area contributed by atoms with Gasteiger partial charge in [-0.1, -0.05) is 30.3 Å². The first-order chi connectivity index (χ1) is 14.7. The van der Waals surface area contributed by atoms with E-state index in [1.807, 2.05) is 68.4 Å². The summed E-state index contributed by atoms with van der Waals surface area (Å²) < 4.78 is 5.16. The van der Waals surface area contributed by atoms with E-state index in [1.54, 1.807) is 18.9 Å². The lowest BCUT2D eigenvalue weighted by molar-refractivity contribution is -0.134. The first-order valence-corrected chi connectivity index (χ1v) is 10.4. The molecule has 4 amide bonds. The van der Waals surface area contributed by atoms with Crippen LogP contribution >= 0.6 is 0 Å². The first-order valence-electron chi connectivity index (χ1n) is 10.4. The number of nitrogens with one attached hydrogen (secondary N) is 1. The molecule has 2 aromatic carbocycles. The van der Waals surface area contributed by atoms with E-state index in [4.69, 9.17) is 4.74 Å². The minimum absolute atomic E-state index is 0.114. The molecule has 0 unspecified atom stereocenters.